The van der Waals surface area contributed by atoms with E-state index in [1.54, 1.807) is 19.4 Å². The van der Waals surface area contributed by atoms with Crippen molar-refractivity contribution in [3.05, 3.63) is 41.9 Å². The second-order valence-electron chi connectivity index (χ2n) is 4.02. The molecule has 0 atom stereocenters. The summed E-state index contributed by atoms with van der Waals surface area (Å²) in [4.78, 5) is 7.93. The molecule has 0 saturated carbocycles. The lowest BCUT2D eigenvalue weighted by atomic mass is 10.1. The van der Waals surface area contributed by atoms with Crippen molar-refractivity contribution in [2.75, 3.05) is 7.11 Å². The fourth-order valence-corrected chi connectivity index (χ4v) is 2.02. The molecule has 0 aliphatic carbocycles. The Labute approximate surface area is 105 Å². The zero-order valence-corrected chi connectivity index (χ0v) is 10.0. The number of benzene rings is 1. The van der Waals surface area contributed by atoms with Gasteiger partial charge in [0.1, 0.15) is 17.8 Å². The van der Waals surface area contributed by atoms with Crippen molar-refractivity contribution in [2.45, 2.75) is 13.1 Å². The molecular weight excluding hydrogens is 230 g/mol. The van der Waals surface area contributed by atoms with E-state index in [9.17, 15) is 0 Å². The predicted octanol–water partition coefficient (Wildman–Crippen LogP) is 1.88. The largest absolute Gasteiger partial charge is 0.497 e. The highest BCUT2D eigenvalue weighted by Crippen LogP contribution is 2.33. The van der Waals surface area contributed by atoms with Gasteiger partial charge in [-0.1, -0.05) is 0 Å². The molecule has 5 heteroatoms. The van der Waals surface area contributed by atoms with Crippen LogP contribution in [0.5, 0.6) is 17.4 Å². The highest BCUT2D eigenvalue weighted by Gasteiger charge is 2.18. The molecule has 0 saturated heterocycles. The molecule has 3 rings (SSSR count). The maximum Gasteiger partial charge on any atom is 0.222 e. The first-order valence-corrected chi connectivity index (χ1v) is 5.71. The molecular formula is C13H13N3O2. The highest BCUT2D eigenvalue weighted by atomic mass is 16.5. The average Bonchev–Trinajstić information content (AvgIpc) is 2.88. The molecule has 0 amide bonds. The fraction of sp³-hybridized carbons (Fsp3) is 0.231. The van der Waals surface area contributed by atoms with E-state index >= 15 is 0 Å². The SMILES string of the molecule is COc1cc2c(c(Oc3ccncn3)c1)CNC2. The third kappa shape index (κ3) is 2.00. The summed E-state index contributed by atoms with van der Waals surface area (Å²) >= 11 is 0. The molecule has 5 nitrogen and oxygen atoms in total. The van der Waals surface area contributed by atoms with Crippen LogP contribution in [0, 0.1) is 0 Å². The van der Waals surface area contributed by atoms with E-state index in [1.165, 1.54) is 11.9 Å². The molecule has 0 bridgehead atoms. The summed E-state index contributed by atoms with van der Waals surface area (Å²) in [6.07, 6.45) is 3.12. The van der Waals surface area contributed by atoms with Gasteiger partial charge in [-0.25, -0.2) is 9.97 Å². The first-order valence-electron chi connectivity index (χ1n) is 5.71. The summed E-state index contributed by atoms with van der Waals surface area (Å²) in [6.45, 7) is 1.65. The van der Waals surface area contributed by atoms with E-state index in [4.69, 9.17) is 9.47 Å². The maximum atomic E-state index is 5.79. The second kappa shape index (κ2) is 4.62. The quantitative estimate of drug-likeness (QED) is 0.892. The topological polar surface area (TPSA) is 56.3 Å². The zero-order valence-electron chi connectivity index (χ0n) is 10.0. The minimum Gasteiger partial charge on any atom is -0.497 e. The van der Waals surface area contributed by atoms with E-state index in [0.29, 0.717) is 5.88 Å². The van der Waals surface area contributed by atoms with Gasteiger partial charge in [-0.15, -0.1) is 0 Å². The average molecular weight is 243 g/mol. The molecule has 2 aromatic rings. The van der Waals surface area contributed by atoms with Crippen molar-refractivity contribution in [1.82, 2.24) is 15.3 Å². The smallest absolute Gasteiger partial charge is 0.222 e. The summed E-state index contributed by atoms with van der Waals surface area (Å²) in [5.74, 6) is 2.11. The Morgan fingerprint density at radius 3 is 3.00 bits per heavy atom. The molecule has 1 N–H and O–H groups in total. The molecule has 92 valence electrons. The van der Waals surface area contributed by atoms with Gasteiger partial charge in [0.15, 0.2) is 0 Å². The Morgan fingerprint density at radius 1 is 1.28 bits per heavy atom. The van der Waals surface area contributed by atoms with Gasteiger partial charge in [0.25, 0.3) is 0 Å². The van der Waals surface area contributed by atoms with E-state index in [0.717, 1.165) is 30.2 Å². The summed E-state index contributed by atoms with van der Waals surface area (Å²) < 4.78 is 11.1. The van der Waals surface area contributed by atoms with Gasteiger partial charge in [-0.05, 0) is 11.6 Å². The lowest BCUT2D eigenvalue weighted by molar-refractivity contribution is 0.406. The van der Waals surface area contributed by atoms with Crippen LogP contribution in [0.1, 0.15) is 11.1 Å². The van der Waals surface area contributed by atoms with Gasteiger partial charge >= 0.3 is 0 Å². The molecule has 0 fully saturated rings. The monoisotopic (exact) mass is 243 g/mol. The van der Waals surface area contributed by atoms with Crippen LogP contribution in [0.3, 0.4) is 0 Å². The number of methoxy groups -OCH3 is 1. The number of aromatic nitrogens is 2. The minimum atomic E-state index is 0.535. The van der Waals surface area contributed by atoms with Crippen molar-refractivity contribution in [3.63, 3.8) is 0 Å². The van der Waals surface area contributed by atoms with E-state index in [-0.39, 0.29) is 0 Å². The number of ether oxygens (including phenoxy) is 2. The van der Waals surface area contributed by atoms with Crippen LogP contribution in [0.2, 0.25) is 0 Å². The number of hydrogen-bond acceptors (Lipinski definition) is 5. The Bertz CT molecular complexity index is 558. The summed E-state index contributed by atoms with van der Waals surface area (Å²) in [5, 5.41) is 3.30. The predicted molar refractivity (Wildman–Crippen MR) is 65.6 cm³/mol. The van der Waals surface area contributed by atoms with Crippen molar-refractivity contribution in [3.8, 4) is 17.4 Å². The molecule has 0 spiro atoms. The van der Waals surface area contributed by atoms with Crippen LogP contribution in [-0.2, 0) is 13.1 Å². The molecule has 18 heavy (non-hydrogen) atoms. The van der Waals surface area contributed by atoms with Crippen molar-refractivity contribution >= 4 is 0 Å². The fourth-order valence-electron chi connectivity index (χ4n) is 2.02. The minimum absolute atomic E-state index is 0.535. The Hall–Kier alpha value is -2.14. The molecule has 1 aliphatic rings. The van der Waals surface area contributed by atoms with Gasteiger partial charge in [0, 0.05) is 37.0 Å². The summed E-state index contributed by atoms with van der Waals surface area (Å²) in [6, 6.07) is 5.64. The van der Waals surface area contributed by atoms with Crippen molar-refractivity contribution in [2.24, 2.45) is 0 Å². The van der Waals surface area contributed by atoms with Crippen molar-refractivity contribution in [1.29, 1.82) is 0 Å². The number of nitrogens with zero attached hydrogens (tertiary/aromatic N) is 2. The zero-order chi connectivity index (χ0) is 12.4. The van der Waals surface area contributed by atoms with Gasteiger partial charge in [0.05, 0.1) is 7.11 Å². The van der Waals surface area contributed by atoms with Crippen molar-refractivity contribution < 1.29 is 9.47 Å². The van der Waals surface area contributed by atoms with E-state index in [1.807, 2.05) is 12.1 Å². The standard InChI is InChI=1S/C13H13N3O2/c1-17-10-4-9-6-15-7-11(9)12(5-10)18-13-2-3-14-8-16-13/h2-5,8,15H,6-7H2,1H3. The molecule has 1 aliphatic heterocycles. The number of rotatable bonds is 3. The van der Waals surface area contributed by atoms with Crippen LogP contribution in [-0.4, -0.2) is 17.1 Å². The number of hydrogen-bond donors (Lipinski definition) is 1. The first kappa shape index (κ1) is 11.0. The third-order valence-electron chi connectivity index (χ3n) is 2.90. The lowest BCUT2D eigenvalue weighted by Gasteiger charge is -2.11. The van der Waals surface area contributed by atoms with E-state index in [2.05, 4.69) is 15.3 Å². The normalized spacial score (nSPS) is 13.2. The molecule has 1 aromatic carbocycles. The van der Waals surface area contributed by atoms with E-state index < -0.39 is 0 Å². The number of fused-ring (bicyclic) bond motifs is 1. The van der Waals surface area contributed by atoms with Crippen LogP contribution < -0.4 is 14.8 Å². The Balaban J connectivity index is 1.98. The maximum absolute atomic E-state index is 5.79. The molecule has 1 aromatic heterocycles. The Morgan fingerprint density at radius 2 is 2.22 bits per heavy atom. The van der Waals surface area contributed by atoms with Gasteiger partial charge in [0.2, 0.25) is 5.88 Å². The Kier molecular flexibility index (Phi) is 2.82. The van der Waals surface area contributed by atoms with Crippen LogP contribution in [0.25, 0.3) is 0 Å². The van der Waals surface area contributed by atoms with Gasteiger partial charge in [-0.3, -0.25) is 0 Å². The summed E-state index contributed by atoms with van der Waals surface area (Å²) in [7, 11) is 1.65. The van der Waals surface area contributed by atoms with Crippen LogP contribution in [0.4, 0.5) is 0 Å². The lowest BCUT2D eigenvalue weighted by Crippen LogP contribution is -2.00. The summed E-state index contributed by atoms with van der Waals surface area (Å²) in [5.41, 5.74) is 2.37. The molecule has 0 radical (unpaired) electrons. The highest BCUT2D eigenvalue weighted by molar-refractivity contribution is 5.49. The van der Waals surface area contributed by atoms with Gasteiger partial charge in [-0.2, -0.15) is 0 Å². The van der Waals surface area contributed by atoms with Crippen LogP contribution >= 0.6 is 0 Å². The molecule has 2 heterocycles. The molecule has 0 unspecified atom stereocenters. The van der Waals surface area contributed by atoms with Gasteiger partial charge < -0.3 is 14.8 Å². The third-order valence-corrected chi connectivity index (χ3v) is 2.90. The first-order chi connectivity index (χ1) is 8.86. The number of nitrogens with one attached hydrogen (secondary N) is 1. The van der Waals surface area contributed by atoms with Crippen LogP contribution in [0.15, 0.2) is 30.7 Å². The second-order valence-corrected chi connectivity index (χ2v) is 4.02.